The second kappa shape index (κ2) is 8.57. The highest BCUT2D eigenvalue weighted by Gasteiger charge is 2.24. The average Bonchev–Trinajstić information content (AvgIpc) is 3.06. The fraction of sp³-hybridized carbons (Fsp3) is 0.273. The van der Waals surface area contributed by atoms with E-state index >= 15 is 0 Å². The van der Waals surface area contributed by atoms with Crippen LogP contribution >= 0.6 is 23.2 Å². The minimum Gasteiger partial charge on any atom is -0.283 e. The summed E-state index contributed by atoms with van der Waals surface area (Å²) in [6, 6.07) is 15.8. The summed E-state index contributed by atoms with van der Waals surface area (Å²) in [5, 5.41) is 7.63. The van der Waals surface area contributed by atoms with Gasteiger partial charge in [-0.25, -0.2) is 9.69 Å². The molecule has 1 radical (unpaired) electrons. The largest absolute Gasteiger partial charge is 0.286 e. The zero-order chi connectivity index (χ0) is 20.4. The molecule has 7 heteroatoms. The first-order valence-corrected chi connectivity index (χ1v) is 10.4. The van der Waals surface area contributed by atoms with Crippen LogP contribution in [0.1, 0.15) is 35.3 Å². The number of amides is 1. The minimum atomic E-state index is -0.211. The summed E-state index contributed by atoms with van der Waals surface area (Å²) in [6.07, 6.45) is 3.37. The molecule has 0 unspecified atom stereocenters. The molecule has 29 heavy (non-hydrogen) atoms. The van der Waals surface area contributed by atoms with Gasteiger partial charge in [0.25, 0.3) is 5.91 Å². The number of carbonyl (C=O) groups is 1. The molecule has 0 atom stereocenters. The van der Waals surface area contributed by atoms with Crippen LogP contribution in [0.5, 0.6) is 0 Å². The molecule has 0 saturated carbocycles. The molecule has 1 aliphatic heterocycles. The molecule has 1 aliphatic rings. The third kappa shape index (κ3) is 4.17. The van der Waals surface area contributed by atoms with E-state index in [4.69, 9.17) is 23.2 Å². The molecular formula is C22H21Cl2N4O. The van der Waals surface area contributed by atoms with Crippen LogP contribution in [0.3, 0.4) is 0 Å². The van der Waals surface area contributed by atoms with E-state index in [1.807, 2.05) is 42.3 Å². The van der Waals surface area contributed by atoms with E-state index in [-0.39, 0.29) is 5.91 Å². The fourth-order valence-electron chi connectivity index (χ4n) is 3.62. The number of carbonyl (C=O) groups excluding carboxylic acids is 1. The standard InChI is InChI=1S/C22H21Cl2N4O/c1-15-20(22(29)26-27-12-6-3-7-13-27)25-28(19-11-10-17(23)14-18(19)24)21(15)16-8-4-2-5-9-16/h4-5,8-11,14H,3,6-7,12-13H2,1H3,(H,26,29). The SMILES string of the molecule is Cc1c(C(=O)NN2CCCCC2)nn(-c2ccc(Cl)cc2Cl)c1-c1cc[c]cc1. The second-order valence-corrected chi connectivity index (χ2v) is 7.95. The molecule has 2 aromatic carbocycles. The predicted molar refractivity (Wildman–Crippen MR) is 115 cm³/mol. The van der Waals surface area contributed by atoms with Crippen LogP contribution in [0.15, 0.2) is 42.5 Å². The van der Waals surface area contributed by atoms with E-state index in [0.29, 0.717) is 21.4 Å². The van der Waals surface area contributed by atoms with E-state index in [1.165, 1.54) is 6.42 Å². The van der Waals surface area contributed by atoms with Crippen molar-refractivity contribution < 1.29 is 4.79 Å². The number of rotatable bonds is 4. The number of halogens is 2. The Hall–Kier alpha value is -2.34. The van der Waals surface area contributed by atoms with E-state index in [9.17, 15) is 4.79 Å². The van der Waals surface area contributed by atoms with Crippen molar-refractivity contribution in [3.8, 4) is 16.9 Å². The third-order valence-electron chi connectivity index (χ3n) is 5.08. The predicted octanol–water partition coefficient (Wildman–Crippen LogP) is 5.09. The number of piperidine rings is 1. The van der Waals surface area contributed by atoms with Gasteiger partial charge < -0.3 is 0 Å². The van der Waals surface area contributed by atoms with Gasteiger partial charge in [0.05, 0.1) is 16.4 Å². The van der Waals surface area contributed by atoms with Gasteiger partial charge in [0.1, 0.15) is 0 Å². The van der Waals surface area contributed by atoms with Crippen molar-refractivity contribution in [1.29, 1.82) is 0 Å². The number of hydrogen-bond donors (Lipinski definition) is 1. The zero-order valence-electron chi connectivity index (χ0n) is 16.1. The van der Waals surface area contributed by atoms with Gasteiger partial charge in [0.15, 0.2) is 5.69 Å². The topological polar surface area (TPSA) is 50.2 Å². The summed E-state index contributed by atoms with van der Waals surface area (Å²) in [4.78, 5) is 13.0. The molecule has 1 N–H and O–H groups in total. The Kier molecular flexibility index (Phi) is 5.90. The van der Waals surface area contributed by atoms with Crippen molar-refractivity contribution in [2.45, 2.75) is 26.2 Å². The van der Waals surface area contributed by atoms with E-state index < -0.39 is 0 Å². The number of aromatic nitrogens is 2. The van der Waals surface area contributed by atoms with Crippen LogP contribution in [0.2, 0.25) is 10.0 Å². The molecule has 0 bridgehead atoms. The summed E-state index contributed by atoms with van der Waals surface area (Å²) < 4.78 is 1.72. The Morgan fingerprint density at radius 3 is 2.52 bits per heavy atom. The van der Waals surface area contributed by atoms with E-state index in [2.05, 4.69) is 16.6 Å². The lowest BCUT2D eigenvalue weighted by atomic mass is 10.1. The highest BCUT2D eigenvalue weighted by molar-refractivity contribution is 6.35. The molecule has 4 rings (SSSR count). The lowest BCUT2D eigenvalue weighted by Gasteiger charge is -2.26. The first-order chi connectivity index (χ1) is 14.0. The maximum absolute atomic E-state index is 13.0. The summed E-state index contributed by atoms with van der Waals surface area (Å²) in [5.74, 6) is -0.211. The first-order valence-electron chi connectivity index (χ1n) is 9.62. The molecule has 5 nitrogen and oxygen atoms in total. The van der Waals surface area contributed by atoms with Crippen molar-refractivity contribution in [2.75, 3.05) is 13.1 Å². The summed E-state index contributed by atoms with van der Waals surface area (Å²) in [6.45, 7) is 3.62. The van der Waals surface area contributed by atoms with Gasteiger partial charge in [0, 0.05) is 29.2 Å². The van der Waals surface area contributed by atoms with E-state index in [1.54, 1.807) is 16.8 Å². The summed E-state index contributed by atoms with van der Waals surface area (Å²) in [5.41, 5.74) is 6.57. The molecular weight excluding hydrogens is 407 g/mol. The van der Waals surface area contributed by atoms with Gasteiger partial charge in [-0.2, -0.15) is 5.10 Å². The Morgan fingerprint density at radius 1 is 1.10 bits per heavy atom. The van der Waals surface area contributed by atoms with Crippen LogP contribution in [0, 0.1) is 13.0 Å². The average molecular weight is 428 g/mol. The Balaban J connectivity index is 1.79. The summed E-state index contributed by atoms with van der Waals surface area (Å²) in [7, 11) is 0. The normalized spacial score (nSPS) is 14.7. The van der Waals surface area contributed by atoms with Gasteiger partial charge >= 0.3 is 0 Å². The molecule has 1 fully saturated rings. The van der Waals surface area contributed by atoms with Gasteiger partial charge in [-0.1, -0.05) is 53.9 Å². The maximum Gasteiger partial charge on any atom is 0.286 e. The van der Waals surface area contributed by atoms with Crippen LogP contribution in [0.25, 0.3) is 16.9 Å². The fourth-order valence-corrected chi connectivity index (χ4v) is 4.11. The quantitative estimate of drug-likeness (QED) is 0.630. The number of nitrogens with one attached hydrogen (secondary N) is 1. The molecule has 2 heterocycles. The minimum absolute atomic E-state index is 0.211. The zero-order valence-corrected chi connectivity index (χ0v) is 17.6. The monoisotopic (exact) mass is 427 g/mol. The molecule has 1 saturated heterocycles. The van der Waals surface area contributed by atoms with Crippen LogP contribution in [-0.4, -0.2) is 33.8 Å². The third-order valence-corrected chi connectivity index (χ3v) is 5.62. The van der Waals surface area contributed by atoms with Crippen LogP contribution in [-0.2, 0) is 0 Å². The number of hydrogen-bond acceptors (Lipinski definition) is 3. The second-order valence-electron chi connectivity index (χ2n) is 7.11. The van der Waals surface area contributed by atoms with Crippen molar-refractivity contribution in [1.82, 2.24) is 20.2 Å². The van der Waals surface area contributed by atoms with Crippen molar-refractivity contribution in [2.24, 2.45) is 0 Å². The number of benzene rings is 2. The van der Waals surface area contributed by atoms with Gasteiger partial charge in [0.2, 0.25) is 0 Å². The molecule has 0 spiro atoms. The maximum atomic E-state index is 13.0. The highest BCUT2D eigenvalue weighted by Crippen LogP contribution is 2.32. The Labute approximate surface area is 180 Å². The molecule has 3 aromatic rings. The number of nitrogens with zero attached hydrogens (tertiary/aromatic N) is 3. The molecule has 1 amide bonds. The van der Waals surface area contributed by atoms with Gasteiger partial charge in [-0.15, -0.1) is 0 Å². The van der Waals surface area contributed by atoms with Crippen LogP contribution in [0.4, 0.5) is 0 Å². The van der Waals surface area contributed by atoms with Crippen molar-refractivity contribution >= 4 is 29.1 Å². The van der Waals surface area contributed by atoms with Crippen molar-refractivity contribution in [3.63, 3.8) is 0 Å². The molecule has 1 aromatic heterocycles. The van der Waals surface area contributed by atoms with Crippen molar-refractivity contribution in [3.05, 3.63) is 69.8 Å². The van der Waals surface area contributed by atoms with Gasteiger partial charge in [-0.05, 0) is 44.0 Å². The Morgan fingerprint density at radius 2 is 1.83 bits per heavy atom. The van der Waals surface area contributed by atoms with Gasteiger partial charge in [-0.3, -0.25) is 10.2 Å². The highest BCUT2D eigenvalue weighted by atomic mass is 35.5. The number of hydrazine groups is 1. The Bertz CT molecular complexity index is 1030. The van der Waals surface area contributed by atoms with Crippen LogP contribution < -0.4 is 5.43 Å². The lowest BCUT2D eigenvalue weighted by Crippen LogP contribution is -2.45. The smallest absolute Gasteiger partial charge is 0.283 e. The van der Waals surface area contributed by atoms with E-state index in [0.717, 1.165) is 42.8 Å². The lowest BCUT2D eigenvalue weighted by molar-refractivity contribution is 0.0743. The summed E-state index contributed by atoms with van der Waals surface area (Å²) >= 11 is 12.5. The first kappa shape index (κ1) is 20.0. The molecule has 0 aliphatic carbocycles. The molecule has 149 valence electrons.